The summed E-state index contributed by atoms with van der Waals surface area (Å²) >= 11 is 0. The van der Waals surface area contributed by atoms with Crippen LogP contribution < -0.4 is 0 Å². The molecule has 0 aliphatic carbocycles. The zero-order valence-electron chi connectivity index (χ0n) is 15.0. The summed E-state index contributed by atoms with van der Waals surface area (Å²) in [7, 11) is 0. The van der Waals surface area contributed by atoms with Gasteiger partial charge in [-0.25, -0.2) is 0 Å². The van der Waals surface area contributed by atoms with Crippen LogP contribution in [0.2, 0.25) is 0 Å². The van der Waals surface area contributed by atoms with Crippen molar-refractivity contribution in [2.75, 3.05) is 0 Å². The number of benzene rings is 3. The Hall–Kier alpha value is -3.34. The minimum atomic E-state index is 0.0626. The van der Waals surface area contributed by atoms with E-state index in [4.69, 9.17) is 0 Å². The third-order valence-corrected chi connectivity index (χ3v) is 3.99. The van der Waals surface area contributed by atoms with Crippen LogP contribution in [0.3, 0.4) is 0 Å². The highest BCUT2D eigenvalue weighted by Crippen LogP contribution is 2.37. The summed E-state index contributed by atoms with van der Waals surface area (Å²) in [4.78, 5) is 0. The zero-order chi connectivity index (χ0) is 18.5. The van der Waals surface area contributed by atoms with Crippen molar-refractivity contribution < 1.29 is 5.11 Å². The average Bonchev–Trinajstić information content (AvgIpc) is 2.64. The molecule has 0 atom stereocenters. The first-order chi connectivity index (χ1) is 12.5. The molecule has 26 heavy (non-hydrogen) atoms. The van der Waals surface area contributed by atoms with Crippen molar-refractivity contribution in [3.8, 4) is 5.75 Å². The number of hydrogen-bond acceptors (Lipinski definition) is 5. The van der Waals surface area contributed by atoms with Crippen LogP contribution >= 0.6 is 0 Å². The number of phenols is 1. The Labute approximate surface area is 152 Å². The summed E-state index contributed by atoms with van der Waals surface area (Å²) in [6, 6.07) is 18.8. The summed E-state index contributed by atoms with van der Waals surface area (Å²) < 4.78 is 0. The highest BCUT2D eigenvalue weighted by molar-refractivity contribution is 5.66. The van der Waals surface area contributed by atoms with Crippen LogP contribution in [-0.4, -0.2) is 5.11 Å². The van der Waals surface area contributed by atoms with Gasteiger partial charge in [0.1, 0.15) is 11.4 Å². The monoisotopic (exact) mass is 344 g/mol. The smallest absolute Gasteiger partial charge is 0.143 e. The first-order valence-corrected chi connectivity index (χ1v) is 8.32. The molecule has 3 aromatic rings. The van der Waals surface area contributed by atoms with Crippen molar-refractivity contribution in [2.45, 2.75) is 20.8 Å². The molecule has 0 saturated carbocycles. The molecule has 0 aliphatic rings. The third-order valence-electron chi connectivity index (χ3n) is 3.99. The molecule has 0 amide bonds. The lowest BCUT2D eigenvalue weighted by atomic mass is 10.1. The number of hydrogen-bond donors (Lipinski definition) is 1. The first kappa shape index (κ1) is 17.5. The molecule has 0 spiro atoms. The standard InChI is InChI=1S/C21H20N4O/c1-14-4-8-17(9-5-14)22-24-19-12-13-20(26)21(16(19)3)25-23-18-10-6-15(2)7-11-18/h4-13,26H,1-3H3. The summed E-state index contributed by atoms with van der Waals surface area (Å²) in [5, 5.41) is 27.1. The van der Waals surface area contributed by atoms with Crippen LogP contribution in [-0.2, 0) is 0 Å². The van der Waals surface area contributed by atoms with Gasteiger partial charge in [0.15, 0.2) is 0 Å². The van der Waals surface area contributed by atoms with Gasteiger partial charge in [0.05, 0.1) is 17.1 Å². The molecule has 0 radical (unpaired) electrons. The van der Waals surface area contributed by atoms with Gasteiger partial charge in [-0.05, 0) is 57.2 Å². The number of azo groups is 2. The molecular formula is C21H20N4O. The Balaban J connectivity index is 1.88. The highest BCUT2D eigenvalue weighted by atomic mass is 16.3. The summed E-state index contributed by atoms with van der Waals surface area (Å²) in [5.41, 5.74) is 5.57. The van der Waals surface area contributed by atoms with Crippen molar-refractivity contribution in [2.24, 2.45) is 20.5 Å². The van der Waals surface area contributed by atoms with Crippen LogP contribution in [0, 0.1) is 20.8 Å². The van der Waals surface area contributed by atoms with Crippen LogP contribution in [0.25, 0.3) is 0 Å². The predicted octanol–water partition coefficient (Wildman–Crippen LogP) is 7.15. The number of phenolic OH excluding ortho intramolecular Hbond substituents is 1. The van der Waals surface area contributed by atoms with Crippen LogP contribution in [0.5, 0.6) is 5.75 Å². The fourth-order valence-corrected chi connectivity index (χ4v) is 2.35. The van der Waals surface area contributed by atoms with E-state index in [-0.39, 0.29) is 5.75 Å². The lowest BCUT2D eigenvalue weighted by Crippen LogP contribution is -1.78. The molecular weight excluding hydrogens is 324 g/mol. The lowest BCUT2D eigenvalue weighted by Gasteiger charge is -2.05. The molecule has 3 rings (SSSR count). The lowest BCUT2D eigenvalue weighted by molar-refractivity contribution is 0.476. The van der Waals surface area contributed by atoms with Crippen molar-refractivity contribution in [3.05, 3.63) is 77.4 Å². The van der Waals surface area contributed by atoms with Gasteiger partial charge >= 0.3 is 0 Å². The van der Waals surface area contributed by atoms with E-state index < -0.39 is 0 Å². The Morgan fingerprint density at radius 2 is 1.08 bits per heavy atom. The fraction of sp³-hybridized carbons (Fsp3) is 0.143. The normalized spacial score (nSPS) is 11.5. The molecule has 5 nitrogen and oxygen atoms in total. The maximum Gasteiger partial charge on any atom is 0.143 e. The Morgan fingerprint density at radius 1 is 0.577 bits per heavy atom. The van der Waals surface area contributed by atoms with Gasteiger partial charge < -0.3 is 5.11 Å². The van der Waals surface area contributed by atoms with E-state index in [9.17, 15) is 5.11 Å². The average molecular weight is 344 g/mol. The Kier molecular flexibility index (Phi) is 5.17. The van der Waals surface area contributed by atoms with Gasteiger partial charge in [0.25, 0.3) is 0 Å². The predicted molar refractivity (Wildman–Crippen MR) is 104 cm³/mol. The number of nitrogens with zero attached hydrogens (tertiary/aromatic N) is 4. The molecule has 1 N–H and O–H groups in total. The van der Waals surface area contributed by atoms with E-state index in [0.29, 0.717) is 11.4 Å². The molecule has 0 saturated heterocycles. The molecule has 0 unspecified atom stereocenters. The van der Waals surface area contributed by atoms with Gasteiger partial charge in [0, 0.05) is 5.56 Å². The number of aromatic hydroxyl groups is 1. The van der Waals surface area contributed by atoms with E-state index in [1.54, 1.807) is 12.1 Å². The van der Waals surface area contributed by atoms with Gasteiger partial charge in [-0.3, -0.25) is 0 Å². The maximum absolute atomic E-state index is 10.1. The van der Waals surface area contributed by atoms with E-state index in [1.165, 1.54) is 5.56 Å². The minimum Gasteiger partial charge on any atom is -0.506 e. The van der Waals surface area contributed by atoms with Crippen molar-refractivity contribution in [3.63, 3.8) is 0 Å². The number of rotatable bonds is 4. The third kappa shape index (κ3) is 4.19. The van der Waals surface area contributed by atoms with Crippen molar-refractivity contribution in [1.82, 2.24) is 0 Å². The fourth-order valence-electron chi connectivity index (χ4n) is 2.35. The molecule has 5 heteroatoms. The van der Waals surface area contributed by atoms with Crippen LogP contribution in [0.1, 0.15) is 16.7 Å². The topological polar surface area (TPSA) is 69.7 Å². The minimum absolute atomic E-state index is 0.0626. The second kappa shape index (κ2) is 7.70. The van der Waals surface area contributed by atoms with E-state index >= 15 is 0 Å². The first-order valence-electron chi connectivity index (χ1n) is 8.32. The molecule has 0 bridgehead atoms. The highest BCUT2D eigenvalue weighted by Gasteiger charge is 2.09. The van der Waals surface area contributed by atoms with E-state index in [0.717, 1.165) is 22.5 Å². The second-order valence-electron chi connectivity index (χ2n) is 6.15. The Morgan fingerprint density at radius 3 is 1.62 bits per heavy atom. The van der Waals surface area contributed by atoms with Crippen LogP contribution in [0.15, 0.2) is 81.1 Å². The van der Waals surface area contributed by atoms with Crippen molar-refractivity contribution >= 4 is 22.7 Å². The molecule has 3 aromatic carbocycles. The second-order valence-corrected chi connectivity index (χ2v) is 6.15. The number of aryl methyl sites for hydroxylation is 2. The Bertz CT molecular complexity index is 959. The van der Waals surface area contributed by atoms with E-state index in [1.807, 2.05) is 69.3 Å². The van der Waals surface area contributed by atoms with Gasteiger partial charge in [0.2, 0.25) is 0 Å². The zero-order valence-corrected chi connectivity index (χ0v) is 15.0. The van der Waals surface area contributed by atoms with E-state index in [2.05, 4.69) is 20.5 Å². The molecule has 0 aliphatic heterocycles. The summed E-state index contributed by atoms with van der Waals surface area (Å²) in [6.45, 7) is 5.88. The molecule has 130 valence electrons. The summed E-state index contributed by atoms with van der Waals surface area (Å²) in [6.07, 6.45) is 0. The molecule has 0 heterocycles. The van der Waals surface area contributed by atoms with Gasteiger partial charge in [-0.1, -0.05) is 35.4 Å². The molecule has 0 aromatic heterocycles. The molecule has 0 fully saturated rings. The van der Waals surface area contributed by atoms with Gasteiger partial charge in [-0.15, -0.1) is 5.11 Å². The summed E-state index contributed by atoms with van der Waals surface area (Å²) in [5.74, 6) is 0.0626. The van der Waals surface area contributed by atoms with Gasteiger partial charge in [-0.2, -0.15) is 15.3 Å². The largest absolute Gasteiger partial charge is 0.506 e. The van der Waals surface area contributed by atoms with Crippen LogP contribution in [0.4, 0.5) is 22.7 Å². The SMILES string of the molecule is Cc1ccc(N=Nc2ccc(O)c(N=Nc3ccc(C)cc3)c2C)cc1. The van der Waals surface area contributed by atoms with Crippen molar-refractivity contribution in [1.29, 1.82) is 0 Å². The quantitative estimate of drug-likeness (QED) is 0.502. The maximum atomic E-state index is 10.1.